The van der Waals surface area contributed by atoms with E-state index in [1.54, 1.807) is 41.3 Å². The lowest BCUT2D eigenvalue weighted by atomic mass is 10.1. The first-order valence-electron chi connectivity index (χ1n) is 10.1. The van der Waals surface area contributed by atoms with E-state index in [4.69, 9.17) is 29.3 Å². The molecule has 0 aliphatic carbocycles. The maximum Gasteiger partial charge on any atom is 0.414 e. The Balaban J connectivity index is 0.000000604. The number of carbonyl (C=O) groups is 3. The molecule has 0 unspecified atom stereocenters. The van der Waals surface area contributed by atoms with Gasteiger partial charge in [-0.15, -0.1) is 0 Å². The highest BCUT2D eigenvalue weighted by Gasteiger charge is 2.27. The van der Waals surface area contributed by atoms with Crippen molar-refractivity contribution in [2.45, 2.75) is 6.54 Å². The molecule has 12 heteroatoms. The van der Waals surface area contributed by atoms with Crippen molar-refractivity contribution in [1.29, 1.82) is 0 Å². The van der Waals surface area contributed by atoms with Crippen LogP contribution in [0.3, 0.4) is 0 Å². The third-order valence-corrected chi connectivity index (χ3v) is 5.07. The second-order valence-electron chi connectivity index (χ2n) is 7.10. The highest BCUT2D eigenvalue weighted by Crippen LogP contribution is 2.30. The molecule has 0 atom stereocenters. The number of carboxylic acid groups (broad SMARTS) is 2. The van der Waals surface area contributed by atoms with Gasteiger partial charge in [0.25, 0.3) is 11.6 Å². The molecule has 0 radical (unpaired) electrons. The maximum atomic E-state index is 13.0. The van der Waals surface area contributed by atoms with Gasteiger partial charge < -0.3 is 24.6 Å². The molecule has 0 bridgehead atoms. The number of methoxy groups -OCH3 is 2. The molecule has 1 aliphatic rings. The van der Waals surface area contributed by atoms with Gasteiger partial charge in [0.15, 0.2) is 0 Å². The van der Waals surface area contributed by atoms with Crippen molar-refractivity contribution in [2.75, 3.05) is 40.4 Å². The van der Waals surface area contributed by atoms with E-state index in [-0.39, 0.29) is 16.5 Å². The number of hydrogen-bond donors (Lipinski definition) is 2. The van der Waals surface area contributed by atoms with Crippen molar-refractivity contribution >= 4 is 23.5 Å². The fraction of sp³-hybridized carbons (Fsp3) is 0.318. The van der Waals surface area contributed by atoms with Crippen molar-refractivity contribution in [3.8, 4) is 11.5 Å². The average Bonchev–Trinajstić information content (AvgIpc) is 2.84. The number of carboxylic acids is 2. The van der Waals surface area contributed by atoms with Gasteiger partial charge >= 0.3 is 11.9 Å². The fourth-order valence-electron chi connectivity index (χ4n) is 3.39. The van der Waals surface area contributed by atoms with Crippen LogP contribution in [-0.2, 0) is 16.1 Å². The molecule has 1 amide bonds. The molecule has 1 heterocycles. The van der Waals surface area contributed by atoms with Gasteiger partial charge in [0, 0.05) is 44.4 Å². The number of carbonyl (C=O) groups excluding carboxylic acids is 1. The van der Waals surface area contributed by atoms with Crippen molar-refractivity contribution in [1.82, 2.24) is 9.80 Å². The van der Waals surface area contributed by atoms with E-state index in [1.165, 1.54) is 20.3 Å². The minimum absolute atomic E-state index is 0.125. The minimum Gasteiger partial charge on any atom is -0.496 e. The lowest BCUT2D eigenvalue weighted by Gasteiger charge is -2.35. The summed E-state index contributed by atoms with van der Waals surface area (Å²) in [7, 11) is 3.05. The molecule has 1 saturated heterocycles. The summed E-state index contributed by atoms with van der Waals surface area (Å²) in [5.41, 5.74) is 1.22. The fourth-order valence-corrected chi connectivity index (χ4v) is 3.39. The Labute approximate surface area is 195 Å². The number of piperazine rings is 1. The third-order valence-electron chi connectivity index (χ3n) is 5.07. The summed E-state index contributed by atoms with van der Waals surface area (Å²) >= 11 is 0. The van der Waals surface area contributed by atoms with Gasteiger partial charge in [-0.25, -0.2) is 9.59 Å². The summed E-state index contributed by atoms with van der Waals surface area (Å²) < 4.78 is 10.7. The van der Waals surface area contributed by atoms with E-state index in [0.717, 1.165) is 0 Å². The van der Waals surface area contributed by atoms with E-state index in [9.17, 15) is 14.9 Å². The first-order valence-corrected chi connectivity index (χ1v) is 10.1. The third kappa shape index (κ3) is 6.65. The maximum absolute atomic E-state index is 13.0. The van der Waals surface area contributed by atoms with E-state index in [0.29, 0.717) is 55.3 Å². The molecule has 182 valence electrons. The average molecular weight is 475 g/mol. The Morgan fingerprint density at radius 2 is 1.44 bits per heavy atom. The number of aliphatic carboxylic acids is 2. The monoisotopic (exact) mass is 475 g/mol. The zero-order chi connectivity index (χ0) is 25.3. The molecule has 12 nitrogen and oxygen atoms in total. The number of amides is 1. The summed E-state index contributed by atoms with van der Waals surface area (Å²) in [5, 5.41) is 26.0. The molecule has 0 spiro atoms. The summed E-state index contributed by atoms with van der Waals surface area (Å²) in [6.07, 6.45) is 0. The number of nitrogens with zero attached hydrogens (tertiary/aromatic N) is 3. The topological polar surface area (TPSA) is 160 Å². The number of ether oxygens (including phenoxy) is 2. The van der Waals surface area contributed by atoms with E-state index >= 15 is 0 Å². The van der Waals surface area contributed by atoms with Crippen LogP contribution in [0.4, 0.5) is 5.69 Å². The van der Waals surface area contributed by atoms with Gasteiger partial charge in [0.05, 0.1) is 19.1 Å². The van der Waals surface area contributed by atoms with E-state index in [1.807, 2.05) is 0 Å². The molecule has 0 aromatic heterocycles. The minimum atomic E-state index is -1.82. The molecule has 0 saturated carbocycles. The summed E-state index contributed by atoms with van der Waals surface area (Å²) in [6, 6.07) is 12.0. The number of benzene rings is 2. The van der Waals surface area contributed by atoms with Crippen LogP contribution in [0.25, 0.3) is 0 Å². The highest BCUT2D eigenvalue weighted by atomic mass is 16.6. The molecule has 3 rings (SSSR count). The van der Waals surface area contributed by atoms with Gasteiger partial charge in [-0.3, -0.25) is 19.8 Å². The second kappa shape index (κ2) is 12.2. The van der Waals surface area contributed by atoms with E-state index < -0.39 is 11.9 Å². The molecular weight excluding hydrogens is 450 g/mol. The standard InChI is InChI=1S/C20H23N3O5.C2H2O4/c1-27-17-8-5-9-18(28-2)19(17)20(24)22-12-10-21(11-13-22)14-15-6-3-4-7-16(15)23(25)26;3-1(4)2(5)6/h3-9H,10-14H2,1-2H3;(H,3,4)(H,5,6). The summed E-state index contributed by atoms with van der Waals surface area (Å²) in [5.74, 6) is -2.83. The molecule has 2 N–H and O–H groups in total. The van der Waals surface area contributed by atoms with Crippen molar-refractivity contribution < 1.29 is 39.0 Å². The molecule has 1 fully saturated rings. The number of nitro groups is 1. The van der Waals surface area contributed by atoms with Crippen LogP contribution in [0, 0.1) is 10.1 Å². The van der Waals surface area contributed by atoms with Crippen molar-refractivity contribution in [3.05, 3.63) is 63.7 Å². The number of rotatable bonds is 6. The Hall–Kier alpha value is -4.19. The molecular formula is C22H25N3O9. The van der Waals surface area contributed by atoms with Crippen LogP contribution >= 0.6 is 0 Å². The quantitative estimate of drug-likeness (QED) is 0.358. The summed E-state index contributed by atoms with van der Waals surface area (Å²) in [4.78, 5) is 45.9. The smallest absolute Gasteiger partial charge is 0.414 e. The van der Waals surface area contributed by atoms with Gasteiger partial charge in [0.2, 0.25) is 0 Å². The molecule has 34 heavy (non-hydrogen) atoms. The first kappa shape index (κ1) is 26.1. The van der Waals surface area contributed by atoms with Crippen LogP contribution in [-0.4, -0.2) is 83.2 Å². The number of nitro benzene ring substituents is 1. The molecule has 2 aromatic carbocycles. The van der Waals surface area contributed by atoms with Gasteiger partial charge in [0.1, 0.15) is 17.1 Å². The predicted molar refractivity (Wildman–Crippen MR) is 119 cm³/mol. The highest BCUT2D eigenvalue weighted by molar-refractivity contribution is 6.27. The first-order chi connectivity index (χ1) is 16.2. The van der Waals surface area contributed by atoms with Crippen LogP contribution in [0.2, 0.25) is 0 Å². The van der Waals surface area contributed by atoms with Crippen LogP contribution < -0.4 is 9.47 Å². The SMILES string of the molecule is COc1cccc(OC)c1C(=O)N1CCN(Cc2ccccc2[N+](=O)[O-])CC1.O=C(O)C(=O)O. The molecule has 1 aliphatic heterocycles. The van der Waals surface area contributed by atoms with Gasteiger partial charge in [-0.2, -0.15) is 0 Å². The van der Waals surface area contributed by atoms with Crippen molar-refractivity contribution in [3.63, 3.8) is 0 Å². The lowest BCUT2D eigenvalue weighted by molar-refractivity contribution is -0.385. The van der Waals surface area contributed by atoms with Crippen LogP contribution in [0.15, 0.2) is 42.5 Å². The lowest BCUT2D eigenvalue weighted by Crippen LogP contribution is -2.48. The number of hydrogen-bond acceptors (Lipinski definition) is 8. The van der Waals surface area contributed by atoms with Gasteiger partial charge in [-0.1, -0.05) is 24.3 Å². The Morgan fingerprint density at radius 1 is 0.912 bits per heavy atom. The Bertz CT molecular complexity index is 1020. The van der Waals surface area contributed by atoms with E-state index in [2.05, 4.69) is 4.90 Å². The zero-order valence-electron chi connectivity index (χ0n) is 18.7. The van der Waals surface area contributed by atoms with Crippen molar-refractivity contribution in [2.24, 2.45) is 0 Å². The largest absolute Gasteiger partial charge is 0.496 e. The second-order valence-corrected chi connectivity index (χ2v) is 7.10. The Morgan fingerprint density at radius 3 is 1.91 bits per heavy atom. The normalized spacial score (nSPS) is 13.3. The van der Waals surface area contributed by atoms with Crippen LogP contribution in [0.1, 0.15) is 15.9 Å². The van der Waals surface area contributed by atoms with Gasteiger partial charge in [-0.05, 0) is 12.1 Å². The molecule has 2 aromatic rings. The van der Waals surface area contributed by atoms with Crippen LogP contribution in [0.5, 0.6) is 11.5 Å². The Kier molecular flexibility index (Phi) is 9.32. The zero-order valence-corrected chi connectivity index (χ0v) is 18.7. The number of para-hydroxylation sites is 1. The predicted octanol–water partition coefficient (Wildman–Crippen LogP) is 1.73. The summed E-state index contributed by atoms with van der Waals surface area (Å²) in [6.45, 7) is 2.81.